The van der Waals surface area contributed by atoms with Gasteiger partial charge in [0.2, 0.25) is 12.1 Å². The molecule has 0 amide bonds. The van der Waals surface area contributed by atoms with E-state index < -0.39 is 0 Å². The van der Waals surface area contributed by atoms with Crippen LogP contribution in [0.3, 0.4) is 0 Å². The molecule has 156 valence electrons. The molecule has 0 bridgehead atoms. The van der Waals surface area contributed by atoms with Gasteiger partial charge < -0.3 is 29.5 Å². The number of quaternary nitrogens is 2. The van der Waals surface area contributed by atoms with E-state index in [1.165, 1.54) is 14.2 Å². The highest BCUT2D eigenvalue weighted by Gasteiger charge is 2.35. The van der Waals surface area contributed by atoms with Crippen LogP contribution in [-0.2, 0) is 0 Å². The van der Waals surface area contributed by atoms with E-state index in [-0.39, 0.29) is 23.6 Å². The molecule has 8 nitrogen and oxygen atoms in total. The zero-order chi connectivity index (χ0) is 21.7. The molecular formula is C22H26N4O4+2. The van der Waals surface area contributed by atoms with Crippen molar-refractivity contribution in [2.24, 2.45) is 0 Å². The number of hydrogen-bond acceptors (Lipinski definition) is 6. The van der Waals surface area contributed by atoms with Gasteiger partial charge in [0.15, 0.2) is 23.0 Å². The zero-order valence-electron chi connectivity index (χ0n) is 17.1. The maximum Gasteiger partial charge on any atom is 0.201 e. The Morgan fingerprint density at radius 1 is 0.767 bits per heavy atom. The lowest BCUT2D eigenvalue weighted by Gasteiger charge is -2.34. The van der Waals surface area contributed by atoms with Crippen molar-refractivity contribution < 1.29 is 29.5 Å². The minimum Gasteiger partial charge on any atom is -0.504 e. The van der Waals surface area contributed by atoms with Gasteiger partial charge in [0.05, 0.1) is 14.2 Å². The molecule has 0 radical (unpaired) electrons. The van der Waals surface area contributed by atoms with Crippen LogP contribution in [0.1, 0.15) is 23.2 Å². The lowest BCUT2D eigenvalue weighted by atomic mass is 10.0. The largest absolute Gasteiger partial charge is 0.504 e. The van der Waals surface area contributed by atoms with Gasteiger partial charge in [0.25, 0.3) is 0 Å². The molecule has 3 rings (SSSR count). The number of ether oxygens (including phenoxy) is 2. The molecule has 8 heteroatoms. The van der Waals surface area contributed by atoms with E-state index >= 15 is 0 Å². The molecule has 1 heterocycles. The quantitative estimate of drug-likeness (QED) is 0.521. The van der Waals surface area contributed by atoms with Crippen molar-refractivity contribution in [3.05, 3.63) is 47.5 Å². The van der Waals surface area contributed by atoms with Gasteiger partial charge in [0, 0.05) is 11.1 Å². The van der Waals surface area contributed by atoms with E-state index in [1.807, 2.05) is 0 Å². The van der Waals surface area contributed by atoms with Gasteiger partial charge in [-0.2, -0.15) is 10.5 Å². The third-order valence-electron chi connectivity index (χ3n) is 5.68. The van der Waals surface area contributed by atoms with Crippen LogP contribution in [0.5, 0.6) is 23.0 Å². The molecule has 1 aliphatic heterocycles. The summed E-state index contributed by atoms with van der Waals surface area (Å²) in [7, 11) is 2.96. The minimum atomic E-state index is -0.379. The van der Waals surface area contributed by atoms with E-state index in [1.54, 1.807) is 36.4 Å². The van der Waals surface area contributed by atoms with Crippen LogP contribution in [0.15, 0.2) is 36.4 Å². The van der Waals surface area contributed by atoms with Crippen molar-refractivity contribution in [1.82, 2.24) is 0 Å². The third kappa shape index (κ3) is 4.25. The van der Waals surface area contributed by atoms with Crippen molar-refractivity contribution in [2.75, 3.05) is 40.4 Å². The molecule has 0 aromatic heterocycles. The Bertz CT molecular complexity index is 895. The summed E-state index contributed by atoms with van der Waals surface area (Å²) in [5.74, 6) is 0.788. The summed E-state index contributed by atoms with van der Waals surface area (Å²) in [5.41, 5.74) is 1.59. The predicted molar refractivity (Wildman–Crippen MR) is 107 cm³/mol. The molecule has 2 aromatic rings. The fourth-order valence-electron chi connectivity index (χ4n) is 4.02. The third-order valence-corrected chi connectivity index (χ3v) is 5.68. The Balaban J connectivity index is 1.73. The number of methoxy groups -OCH3 is 2. The molecule has 30 heavy (non-hydrogen) atoms. The van der Waals surface area contributed by atoms with Crippen molar-refractivity contribution in [3.63, 3.8) is 0 Å². The van der Waals surface area contributed by atoms with Crippen molar-refractivity contribution in [2.45, 2.75) is 12.1 Å². The fraction of sp³-hybridized carbons (Fsp3) is 0.364. The second-order valence-corrected chi connectivity index (χ2v) is 7.30. The summed E-state index contributed by atoms with van der Waals surface area (Å²) in [6, 6.07) is 14.0. The Labute approximate surface area is 175 Å². The summed E-state index contributed by atoms with van der Waals surface area (Å²) < 4.78 is 10.3. The number of benzene rings is 2. The lowest BCUT2D eigenvalue weighted by molar-refractivity contribution is -1.03. The molecule has 1 aliphatic rings. The number of hydrogen-bond donors (Lipinski definition) is 4. The van der Waals surface area contributed by atoms with Crippen LogP contribution in [-0.4, -0.2) is 50.6 Å². The highest BCUT2D eigenvalue weighted by Crippen LogP contribution is 2.29. The number of phenols is 2. The zero-order valence-corrected chi connectivity index (χ0v) is 17.1. The molecule has 2 aromatic carbocycles. The van der Waals surface area contributed by atoms with E-state index in [4.69, 9.17) is 9.47 Å². The summed E-state index contributed by atoms with van der Waals surface area (Å²) in [4.78, 5) is 2.24. The van der Waals surface area contributed by atoms with Gasteiger partial charge in [-0.1, -0.05) is 0 Å². The van der Waals surface area contributed by atoms with Crippen LogP contribution >= 0.6 is 0 Å². The van der Waals surface area contributed by atoms with Crippen molar-refractivity contribution in [1.29, 1.82) is 10.5 Å². The fourth-order valence-corrected chi connectivity index (χ4v) is 4.02. The number of nitrogens with one attached hydrogen (secondary N) is 2. The Kier molecular flexibility index (Phi) is 6.63. The van der Waals surface area contributed by atoms with Gasteiger partial charge in [-0.05, 0) is 36.4 Å². The first-order valence-corrected chi connectivity index (χ1v) is 9.74. The molecule has 0 spiro atoms. The minimum absolute atomic E-state index is 0.0448. The summed E-state index contributed by atoms with van der Waals surface area (Å²) >= 11 is 0. The number of rotatable bonds is 6. The number of nitriles is 2. The summed E-state index contributed by atoms with van der Waals surface area (Å²) in [6.07, 6.45) is 0. The highest BCUT2D eigenvalue weighted by molar-refractivity contribution is 5.44. The Hall–Kier alpha value is -3.46. The molecule has 1 saturated heterocycles. The van der Waals surface area contributed by atoms with Gasteiger partial charge in [-0.3, -0.25) is 0 Å². The maximum absolute atomic E-state index is 9.81. The maximum atomic E-state index is 9.81. The van der Waals surface area contributed by atoms with Gasteiger partial charge in [-0.25, -0.2) is 0 Å². The van der Waals surface area contributed by atoms with E-state index in [0.29, 0.717) is 11.5 Å². The monoisotopic (exact) mass is 410 g/mol. The van der Waals surface area contributed by atoms with E-state index in [2.05, 4.69) is 12.1 Å². The van der Waals surface area contributed by atoms with E-state index in [9.17, 15) is 20.7 Å². The molecular weight excluding hydrogens is 384 g/mol. The Morgan fingerprint density at radius 3 is 1.43 bits per heavy atom. The van der Waals surface area contributed by atoms with Crippen molar-refractivity contribution >= 4 is 0 Å². The van der Waals surface area contributed by atoms with Crippen LogP contribution in [0.25, 0.3) is 0 Å². The molecule has 0 aliphatic carbocycles. The number of aromatic hydroxyl groups is 2. The molecule has 1 fully saturated rings. The van der Waals surface area contributed by atoms with Crippen LogP contribution in [0.2, 0.25) is 0 Å². The smallest absolute Gasteiger partial charge is 0.201 e. The standard InChI is InChI=1S/C22H24N4O4/c1-29-21-11-15(3-5-19(21)27)17(13-23)25-7-9-26(10-8-25)18(14-24)16-4-6-20(28)22(12-16)30-2/h3-6,11-12,17-18,27-28H,7-10H2,1-2H3/p+2/t17-,18-/m0/s1. The van der Waals surface area contributed by atoms with Gasteiger partial charge in [0.1, 0.15) is 38.3 Å². The van der Waals surface area contributed by atoms with Crippen LogP contribution < -0.4 is 19.3 Å². The second kappa shape index (κ2) is 9.36. The molecule has 2 atom stereocenters. The van der Waals surface area contributed by atoms with Crippen molar-refractivity contribution in [3.8, 4) is 35.1 Å². The first kappa shape index (κ1) is 21.3. The molecule has 0 saturated carbocycles. The molecule has 0 unspecified atom stereocenters. The second-order valence-electron chi connectivity index (χ2n) is 7.30. The SMILES string of the molecule is COc1cc([C@H](C#N)[NH+]2CC[NH+]([C@@H](C#N)c3ccc(O)c(OC)c3)CC2)ccc1O. The summed E-state index contributed by atoms with van der Waals surface area (Å²) in [6.45, 7) is 2.91. The lowest BCUT2D eigenvalue weighted by Crippen LogP contribution is -3.28. The number of nitrogens with zero attached hydrogens (tertiary/aromatic N) is 2. The van der Waals surface area contributed by atoms with E-state index in [0.717, 1.165) is 47.1 Å². The Morgan fingerprint density at radius 2 is 1.13 bits per heavy atom. The van der Waals surface area contributed by atoms with Crippen LogP contribution in [0.4, 0.5) is 0 Å². The summed E-state index contributed by atoms with van der Waals surface area (Å²) in [5, 5.41) is 39.2. The average Bonchev–Trinajstić information content (AvgIpc) is 2.77. The average molecular weight is 410 g/mol. The topological polar surface area (TPSA) is 115 Å². The number of piperazine rings is 1. The number of phenolic OH excluding ortho intramolecular Hbond substituents is 2. The van der Waals surface area contributed by atoms with Gasteiger partial charge >= 0.3 is 0 Å². The highest BCUT2D eigenvalue weighted by atomic mass is 16.5. The first-order valence-electron chi connectivity index (χ1n) is 9.74. The van der Waals surface area contributed by atoms with Gasteiger partial charge in [-0.15, -0.1) is 0 Å². The normalized spacial score (nSPS) is 20.4. The molecule has 4 N–H and O–H groups in total. The van der Waals surface area contributed by atoms with Crippen LogP contribution in [0, 0.1) is 22.7 Å². The predicted octanol–water partition coefficient (Wildman–Crippen LogP) is -0.272. The first-order chi connectivity index (χ1) is 14.5.